The Balaban J connectivity index is 2.85. The maximum absolute atomic E-state index is 11.9. The Morgan fingerprint density at radius 3 is 2.44 bits per heavy atom. The van der Waals surface area contributed by atoms with Crippen molar-refractivity contribution in [1.82, 2.24) is 9.78 Å². The molecule has 2 N–H and O–H groups in total. The van der Waals surface area contributed by atoms with Gasteiger partial charge in [0.15, 0.2) is 9.84 Å². The van der Waals surface area contributed by atoms with Crippen LogP contribution in [0.1, 0.15) is 25.2 Å². The zero-order valence-electron chi connectivity index (χ0n) is 10.2. The summed E-state index contributed by atoms with van der Waals surface area (Å²) in [6.07, 6.45) is 0. The molecule has 0 amide bonds. The first-order valence-electron chi connectivity index (χ1n) is 5.08. The van der Waals surface area contributed by atoms with Gasteiger partial charge in [-0.2, -0.15) is 5.10 Å². The maximum atomic E-state index is 11.9. The van der Waals surface area contributed by atoms with Crippen LogP contribution < -0.4 is 5.73 Å². The molecule has 0 bridgehead atoms. The number of hydrogen-bond donors (Lipinski definition) is 1. The van der Waals surface area contributed by atoms with Crippen LogP contribution in [0.3, 0.4) is 0 Å². The first kappa shape index (κ1) is 13.2. The van der Waals surface area contributed by atoms with Gasteiger partial charge in [-0.25, -0.2) is 8.42 Å². The molecule has 1 heterocycles. The highest BCUT2D eigenvalue weighted by Crippen LogP contribution is 2.11. The molecule has 0 saturated carbocycles. The second-order valence-electron chi connectivity index (χ2n) is 4.92. The van der Waals surface area contributed by atoms with E-state index in [-0.39, 0.29) is 11.5 Å². The van der Waals surface area contributed by atoms with Crippen molar-refractivity contribution in [1.29, 1.82) is 0 Å². The van der Waals surface area contributed by atoms with Crippen molar-refractivity contribution < 1.29 is 8.42 Å². The molecule has 92 valence electrons. The van der Waals surface area contributed by atoms with E-state index in [1.165, 1.54) is 0 Å². The van der Waals surface area contributed by atoms with Crippen molar-refractivity contribution in [3.8, 4) is 0 Å². The monoisotopic (exact) mass is 245 g/mol. The minimum atomic E-state index is -3.19. The zero-order chi connectivity index (χ0) is 12.6. The minimum Gasteiger partial charge on any atom is -0.325 e. The van der Waals surface area contributed by atoms with Gasteiger partial charge < -0.3 is 5.73 Å². The maximum Gasteiger partial charge on any atom is 0.157 e. The van der Waals surface area contributed by atoms with Crippen LogP contribution >= 0.6 is 0 Å². The fraction of sp³-hybridized carbons (Fsp3) is 0.700. The molecule has 0 aliphatic rings. The lowest BCUT2D eigenvalue weighted by molar-refractivity contribution is 0.542. The molecule has 0 aliphatic carbocycles. The number of nitrogens with zero attached hydrogens (tertiary/aromatic N) is 2. The molecule has 16 heavy (non-hydrogen) atoms. The van der Waals surface area contributed by atoms with E-state index in [1.54, 1.807) is 31.6 Å². The molecule has 1 aromatic heterocycles. The van der Waals surface area contributed by atoms with Gasteiger partial charge in [-0.3, -0.25) is 4.68 Å². The van der Waals surface area contributed by atoms with E-state index in [1.807, 2.05) is 6.92 Å². The summed E-state index contributed by atoms with van der Waals surface area (Å²) in [5.41, 5.74) is 6.53. The van der Waals surface area contributed by atoms with E-state index >= 15 is 0 Å². The van der Waals surface area contributed by atoms with E-state index in [0.717, 1.165) is 5.69 Å². The number of rotatable bonds is 4. The average molecular weight is 245 g/mol. The lowest BCUT2D eigenvalue weighted by Gasteiger charge is -2.18. The Bertz CT molecular complexity index is 469. The topological polar surface area (TPSA) is 78.0 Å². The highest BCUT2D eigenvalue weighted by atomic mass is 32.2. The number of nitrogens with two attached hydrogens (primary N) is 1. The highest BCUT2D eigenvalue weighted by molar-refractivity contribution is 7.90. The number of aromatic nitrogens is 2. The predicted octanol–water partition coefficient (Wildman–Crippen LogP) is 0.381. The normalized spacial score (nSPS) is 13.1. The largest absolute Gasteiger partial charge is 0.325 e. The summed E-state index contributed by atoms with van der Waals surface area (Å²) in [6.45, 7) is 5.25. The zero-order valence-corrected chi connectivity index (χ0v) is 11.0. The molecule has 0 aromatic carbocycles. The third kappa shape index (κ3) is 3.94. The van der Waals surface area contributed by atoms with Crippen LogP contribution in [0.2, 0.25) is 0 Å². The van der Waals surface area contributed by atoms with Crippen LogP contribution in [0, 0.1) is 6.92 Å². The van der Waals surface area contributed by atoms with E-state index in [4.69, 9.17) is 5.73 Å². The van der Waals surface area contributed by atoms with Crippen LogP contribution in [0.25, 0.3) is 0 Å². The second kappa shape index (κ2) is 4.18. The number of sulfone groups is 1. The Hall–Kier alpha value is -0.880. The molecule has 0 saturated heterocycles. The van der Waals surface area contributed by atoms with Crippen molar-refractivity contribution in [2.75, 3.05) is 5.75 Å². The fourth-order valence-corrected chi connectivity index (χ4v) is 3.60. The molecular weight excluding hydrogens is 226 g/mol. The van der Waals surface area contributed by atoms with Gasteiger partial charge in [0.2, 0.25) is 0 Å². The van der Waals surface area contributed by atoms with Gasteiger partial charge in [0.05, 0.1) is 22.9 Å². The predicted molar refractivity (Wildman–Crippen MR) is 63.7 cm³/mol. The van der Waals surface area contributed by atoms with Crippen molar-refractivity contribution in [3.63, 3.8) is 0 Å². The highest BCUT2D eigenvalue weighted by Gasteiger charge is 2.23. The Kier molecular flexibility index (Phi) is 3.44. The first-order chi connectivity index (χ1) is 7.09. The van der Waals surface area contributed by atoms with Crippen LogP contribution in [0.15, 0.2) is 6.07 Å². The molecular formula is C10H19N3O2S. The van der Waals surface area contributed by atoms with Crippen molar-refractivity contribution in [3.05, 3.63) is 17.5 Å². The molecule has 0 atom stereocenters. The Labute approximate surface area is 96.6 Å². The minimum absolute atomic E-state index is 0.00896. The van der Waals surface area contributed by atoms with Crippen LogP contribution in [0.4, 0.5) is 0 Å². The van der Waals surface area contributed by atoms with Gasteiger partial charge in [-0.15, -0.1) is 0 Å². The summed E-state index contributed by atoms with van der Waals surface area (Å²) in [6, 6.07) is 1.78. The standard InChI is InChI=1S/C10H19N3O2S/c1-8-5-9(13(4)12-8)6-16(14,15)7-10(2,3)11/h5H,6-7,11H2,1-4H3. The molecule has 0 fully saturated rings. The summed E-state index contributed by atoms with van der Waals surface area (Å²) < 4.78 is 25.3. The van der Waals surface area contributed by atoms with Gasteiger partial charge >= 0.3 is 0 Å². The lowest BCUT2D eigenvalue weighted by atomic mass is 10.1. The van der Waals surface area contributed by atoms with Crippen molar-refractivity contribution in [2.45, 2.75) is 32.1 Å². The lowest BCUT2D eigenvalue weighted by Crippen LogP contribution is -2.40. The van der Waals surface area contributed by atoms with Crippen molar-refractivity contribution in [2.24, 2.45) is 12.8 Å². The van der Waals surface area contributed by atoms with Crippen LogP contribution in [-0.4, -0.2) is 29.5 Å². The summed E-state index contributed by atoms with van der Waals surface area (Å²) in [5, 5.41) is 4.11. The molecule has 0 unspecified atom stereocenters. The van der Waals surface area contributed by atoms with E-state index in [9.17, 15) is 8.42 Å². The van der Waals surface area contributed by atoms with Crippen molar-refractivity contribution >= 4 is 9.84 Å². The molecule has 5 nitrogen and oxygen atoms in total. The van der Waals surface area contributed by atoms with Crippen LogP contribution in [-0.2, 0) is 22.6 Å². The average Bonchev–Trinajstić information content (AvgIpc) is 2.22. The Morgan fingerprint density at radius 2 is 2.06 bits per heavy atom. The third-order valence-electron chi connectivity index (χ3n) is 2.06. The molecule has 0 spiro atoms. The van der Waals surface area contributed by atoms with Gasteiger partial charge in [-0.05, 0) is 26.8 Å². The van der Waals surface area contributed by atoms with E-state index in [2.05, 4.69) is 5.10 Å². The summed E-state index contributed by atoms with van der Waals surface area (Å²) in [5.74, 6) is -0.0325. The van der Waals surface area contributed by atoms with E-state index < -0.39 is 15.4 Å². The number of aryl methyl sites for hydroxylation is 2. The van der Waals surface area contributed by atoms with Crippen LogP contribution in [0.5, 0.6) is 0 Å². The SMILES string of the molecule is Cc1cc(CS(=O)(=O)CC(C)(C)N)n(C)n1. The Morgan fingerprint density at radius 1 is 1.50 bits per heavy atom. The summed E-state index contributed by atoms with van der Waals surface area (Å²) in [7, 11) is -1.45. The number of hydrogen-bond acceptors (Lipinski definition) is 4. The molecule has 1 aromatic rings. The molecule has 6 heteroatoms. The van der Waals surface area contributed by atoms with E-state index in [0.29, 0.717) is 5.69 Å². The third-order valence-corrected chi connectivity index (χ3v) is 3.98. The van der Waals surface area contributed by atoms with Gasteiger partial charge in [0.25, 0.3) is 0 Å². The fourth-order valence-electron chi connectivity index (χ4n) is 1.64. The summed E-state index contributed by atoms with van der Waals surface area (Å²) in [4.78, 5) is 0. The van der Waals surface area contributed by atoms with Gasteiger partial charge in [0, 0.05) is 12.6 Å². The first-order valence-corrected chi connectivity index (χ1v) is 6.90. The second-order valence-corrected chi connectivity index (χ2v) is 6.99. The molecule has 0 radical (unpaired) electrons. The molecule has 0 aliphatic heterocycles. The van der Waals surface area contributed by atoms with Gasteiger partial charge in [0.1, 0.15) is 0 Å². The smallest absolute Gasteiger partial charge is 0.157 e. The van der Waals surface area contributed by atoms with Gasteiger partial charge in [-0.1, -0.05) is 0 Å². The summed E-state index contributed by atoms with van der Waals surface area (Å²) >= 11 is 0. The molecule has 1 rings (SSSR count). The quantitative estimate of drug-likeness (QED) is 0.832.